The fourth-order valence-electron chi connectivity index (χ4n) is 3.17. The third-order valence-electron chi connectivity index (χ3n) is 4.24. The minimum Gasteiger partial charge on any atom is -0.391 e. The Morgan fingerprint density at radius 1 is 1.47 bits per heavy atom. The van der Waals surface area contributed by atoms with E-state index in [2.05, 4.69) is 37.8 Å². The summed E-state index contributed by atoms with van der Waals surface area (Å²) in [5.74, 6) is 6.68. The van der Waals surface area contributed by atoms with Gasteiger partial charge in [0, 0.05) is 12.0 Å². The van der Waals surface area contributed by atoms with Crippen molar-refractivity contribution in [3.05, 3.63) is 0 Å². The SMILES string of the molecule is CC#CCCC(O)C1(N(C)C)CCCC(C)C1. The van der Waals surface area contributed by atoms with Crippen LogP contribution in [0.2, 0.25) is 0 Å². The van der Waals surface area contributed by atoms with Gasteiger partial charge < -0.3 is 10.0 Å². The number of aliphatic hydroxyl groups excluding tert-OH is 1. The minimum atomic E-state index is -0.249. The molecule has 17 heavy (non-hydrogen) atoms. The van der Waals surface area contributed by atoms with Crippen LogP contribution in [0.5, 0.6) is 0 Å². The van der Waals surface area contributed by atoms with E-state index in [4.69, 9.17) is 0 Å². The maximum absolute atomic E-state index is 10.5. The molecular weight excluding hydrogens is 210 g/mol. The lowest BCUT2D eigenvalue weighted by molar-refractivity contribution is -0.0459. The Kier molecular flexibility index (Phi) is 5.49. The lowest BCUT2D eigenvalue weighted by Gasteiger charge is -2.48. The monoisotopic (exact) mass is 237 g/mol. The van der Waals surface area contributed by atoms with Gasteiger partial charge in [-0.15, -0.1) is 11.8 Å². The fourth-order valence-corrected chi connectivity index (χ4v) is 3.17. The molecule has 0 aromatic heterocycles. The van der Waals surface area contributed by atoms with Crippen LogP contribution in [0.25, 0.3) is 0 Å². The van der Waals surface area contributed by atoms with Crippen molar-refractivity contribution in [2.45, 2.75) is 64.0 Å². The van der Waals surface area contributed by atoms with Crippen molar-refractivity contribution in [2.75, 3.05) is 14.1 Å². The summed E-state index contributed by atoms with van der Waals surface area (Å²) in [6.07, 6.45) is 6.12. The van der Waals surface area contributed by atoms with Crippen LogP contribution in [0.3, 0.4) is 0 Å². The van der Waals surface area contributed by atoms with Crippen molar-refractivity contribution in [3.8, 4) is 11.8 Å². The Hall–Kier alpha value is -0.520. The molecule has 0 aliphatic heterocycles. The highest BCUT2D eigenvalue weighted by Crippen LogP contribution is 2.39. The van der Waals surface area contributed by atoms with Gasteiger partial charge in [0.1, 0.15) is 0 Å². The minimum absolute atomic E-state index is 0.0207. The summed E-state index contributed by atoms with van der Waals surface area (Å²) in [5, 5.41) is 10.5. The first-order valence-corrected chi connectivity index (χ1v) is 6.78. The molecule has 1 fully saturated rings. The van der Waals surface area contributed by atoms with Gasteiger partial charge in [0.15, 0.2) is 0 Å². The summed E-state index contributed by atoms with van der Waals surface area (Å²) in [6.45, 7) is 4.16. The third kappa shape index (κ3) is 3.47. The average Bonchev–Trinajstić information content (AvgIpc) is 2.28. The van der Waals surface area contributed by atoms with E-state index in [1.165, 1.54) is 12.8 Å². The largest absolute Gasteiger partial charge is 0.391 e. The second-order valence-corrected chi connectivity index (χ2v) is 5.68. The van der Waals surface area contributed by atoms with Crippen molar-refractivity contribution < 1.29 is 5.11 Å². The van der Waals surface area contributed by atoms with Gasteiger partial charge in [-0.3, -0.25) is 0 Å². The Morgan fingerprint density at radius 2 is 2.18 bits per heavy atom. The van der Waals surface area contributed by atoms with E-state index >= 15 is 0 Å². The fraction of sp³-hybridized carbons (Fsp3) is 0.867. The number of nitrogens with zero attached hydrogens (tertiary/aromatic N) is 1. The molecule has 0 heterocycles. The smallest absolute Gasteiger partial charge is 0.0732 e. The number of hydrogen-bond acceptors (Lipinski definition) is 2. The zero-order chi connectivity index (χ0) is 12.9. The molecule has 0 bridgehead atoms. The van der Waals surface area contributed by atoms with Crippen LogP contribution in [0, 0.1) is 17.8 Å². The van der Waals surface area contributed by atoms with Gasteiger partial charge in [0.25, 0.3) is 0 Å². The van der Waals surface area contributed by atoms with E-state index in [9.17, 15) is 5.11 Å². The van der Waals surface area contributed by atoms with Gasteiger partial charge in [0.2, 0.25) is 0 Å². The van der Waals surface area contributed by atoms with Crippen LogP contribution in [0.1, 0.15) is 52.4 Å². The van der Waals surface area contributed by atoms with Gasteiger partial charge in [-0.05, 0) is 46.2 Å². The summed E-state index contributed by atoms with van der Waals surface area (Å²) >= 11 is 0. The van der Waals surface area contributed by atoms with Crippen molar-refractivity contribution >= 4 is 0 Å². The van der Waals surface area contributed by atoms with E-state index in [0.29, 0.717) is 0 Å². The van der Waals surface area contributed by atoms with Crippen LogP contribution in [-0.4, -0.2) is 35.7 Å². The number of likely N-dealkylation sites (N-methyl/N-ethyl adjacent to an activating group) is 1. The lowest BCUT2D eigenvalue weighted by atomic mass is 9.71. The molecule has 1 rings (SSSR count). The van der Waals surface area contributed by atoms with Crippen LogP contribution in [0.4, 0.5) is 0 Å². The first kappa shape index (κ1) is 14.5. The number of rotatable bonds is 4. The zero-order valence-corrected chi connectivity index (χ0v) is 11.8. The highest BCUT2D eigenvalue weighted by molar-refractivity contribution is 5.01. The third-order valence-corrected chi connectivity index (χ3v) is 4.24. The van der Waals surface area contributed by atoms with Gasteiger partial charge in [-0.1, -0.05) is 19.8 Å². The summed E-state index contributed by atoms with van der Waals surface area (Å²) in [4.78, 5) is 2.24. The molecule has 3 atom stereocenters. The van der Waals surface area contributed by atoms with Gasteiger partial charge in [-0.2, -0.15) is 0 Å². The van der Waals surface area contributed by atoms with Crippen LogP contribution < -0.4 is 0 Å². The highest BCUT2D eigenvalue weighted by atomic mass is 16.3. The molecule has 1 N–H and O–H groups in total. The maximum atomic E-state index is 10.5. The molecule has 0 spiro atoms. The van der Waals surface area contributed by atoms with Gasteiger partial charge in [0.05, 0.1) is 6.10 Å². The predicted octanol–water partition coefficient (Wildman–Crippen LogP) is 2.66. The van der Waals surface area contributed by atoms with Gasteiger partial charge in [-0.25, -0.2) is 0 Å². The van der Waals surface area contributed by atoms with Gasteiger partial charge >= 0.3 is 0 Å². The number of aliphatic hydroxyl groups is 1. The van der Waals surface area contributed by atoms with Crippen molar-refractivity contribution in [1.29, 1.82) is 0 Å². The summed E-state index contributed by atoms with van der Waals surface area (Å²) in [6, 6.07) is 0. The first-order chi connectivity index (χ1) is 8.03. The van der Waals surface area contributed by atoms with E-state index in [0.717, 1.165) is 31.6 Å². The standard InChI is InChI=1S/C15H27NO/c1-5-6-7-10-14(17)15(16(3)4)11-8-9-13(2)12-15/h13-14,17H,7-12H2,1-4H3. The Morgan fingerprint density at radius 3 is 2.71 bits per heavy atom. The van der Waals surface area contributed by atoms with E-state index < -0.39 is 0 Å². The molecule has 0 radical (unpaired) electrons. The lowest BCUT2D eigenvalue weighted by Crippen LogP contribution is -2.56. The second kappa shape index (κ2) is 6.42. The molecule has 2 heteroatoms. The molecular formula is C15H27NO. The van der Waals surface area contributed by atoms with E-state index in [1.807, 2.05) is 6.92 Å². The molecule has 1 aliphatic rings. The molecule has 0 amide bonds. The maximum Gasteiger partial charge on any atom is 0.0732 e. The topological polar surface area (TPSA) is 23.5 Å². The molecule has 0 aromatic carbocycles. The molecule has 98 valence electrons. The zero-order valence-electron chi connectivity index (χ0n) is 11.8. The molecule has 3 unspecified atom stereocenters. The van der Waals surface area contributed by atoms with Crippen LogP contribution >= 0.6 is 0 Å². The summed E-state index contributed by atoms with van der Waals surface area (Å²) in [5.41, 5.74) is -0.0207. The molecule has 2 nitrogen and oxygen atoms in total. The second-order valence-electron chi connectivity index (χ2n) is 5.68. The Balaban J connectivity index is 2.71. The van der Waals surface area contributed by atoms with Crippen molar-refractivity contribution in [1.82, 2.24) is 4.90 Å². The highest BCUT2D eigenvalue weighted by Gasteiger charge is 2.42. The van der Waals surface area contributed by atoms with Crippen LogP contribution in [-0.2, 0) is 0 Å². The quantitative estimate of drug-likeness (QED) is 0.760. The first-order valence-electron chi connectivity index (χ1n) is 6.78. The predicted molar refractivity (Wildman–Crippen MR) is 72.7 cm³/mol. The Bertz CT molecular complexity index is 289. The van der Waals surface area contributed by atoms with E-state index in [1.54, 1.807) is 0 Å². The molecule has 0 saturated heterocycles. The average molecular weight is 237 g/mol. The molecule has 0 aromatic rings. The van der Waals surface area contributed by atoms with Crippen LogP contribution in [0.15, 0.2) is 0 Å². The molecule has 1 saturated carbocycles. The summed E-state index contributed by atoms with van der Waals surface area (Å²) < 4.78 is 0. The van der Waals surface area contributed by atoms with Crippen molar-refractivity contribution in [3.63, 3.8) is 0 Å². The molecule has 1 aliphatic carbocycles. The van der Waals surface area contributed by atoms with Crippen molar-refractivity contribution in [2.24, 2.45) is 5.92 Å². The summed E-state index contributed by atoms with van der Waals surface area (Å²) in [7, 11) is 4.21. The normalized spacial score (nSPS) is 30.8. The Labute approximate surface area is 106 Å². The van der Waals surface area contributed by atoms with E-state index in [-0.39, 0.29) is 11.6 Å². The number of hydrogen-bond donors (Lipinski definition) is 1.